The highest BCUT2D eigenvalue weighted by Gasteiger charge is 2.19. The third-order valence-corrected chi connectivity index (χ3v) is 3.81. The van der Waals surface area contributed by atoms with E-state index >= 15 is 0 Å². The summed E-state index contributed by atoms with van der Waals surface area (Å²) in [5.41, 5.74) is 1.52. The molecule has 60 valence electrons. The maximum Gasteiger partial charge on any atom is 0.0105 e. The molecule has 1 aromatic rings. The molecule has 11 heavy (non-hydrogen) atoms. The van der Waals surface area contributed by atoms with Gasteiger partial charge in [0.2, 0.25) is 0 Å². The van der Waals surface area contributed by atoms with Crippen molar-refractivity contribution in [3.63, 3.8) is 0 Å². The summed E-state index contributed by atoms with van der Waals surface area (Å²) >= 11 is 1.95. The van der Waals surface area contributed by atoms with Gasteiger partial charge in [0, 0.05) is 4.88 Å². The molecule has 0 saturated heterocycles. The monoisotopic (exact) mass is 166 g/mol. The number of hydrogen-bond donors (Lipinski definition) is 0. The zero-order valence-electron chi connectivity index (χ0n) is 6.97. The van der Waals surface area contributed by atoms with Crippen molar-refractivity contribution in [2.45, 2.75) is 38.5 Å². The molecule has 0 unspecified atom stereocenters. The predicted molar refractivity (Wildman–Crippen MR) is 50.3 cm³/mol. The molecule has 0 bridgehead atoms. The lowest BCUT2D eigenvalue weighted by Gasteiger charge is -2.06. The molecule has 1 aromatic heterocycles. The average Bonchev–Trinajstić information content (AvgIpc) is 2.55. The zero-order valence-corrected chi connectivity index (χ0v) is 7.79. The Bertz CT molecular complexity index is 231. The van der Waals surface area contributed by atoms with Crippen LogP contribution < -0.4 is 0 Å². The first-order valence-electron chi connectivity index (χ1n) is 4.42. The highest BCUT2D eigenvalue weighted by molar-refractivity contribution is 7.10. The van der Waals surface area contributed by atoms with E-state index in [1.807, 2.05) is 11.3 Å². The normalized spacial score (nSPS) is 19.4. The second-order valence-electron chi connectivity index (χ2n) is 3.45. The molecular weight excluding hydrogens is 152 g/mol. The van der Waals surface area contributed by atoms with Crippen molar-refractivity contribution in [2.24, 2.45) is 0 Å². The standard InChI is InChI=1S/C10H14S/c1-8-6-7-11-10(8)9-4-2-3-5-9/h6-7,9H,2-5H2,1H3. The minimum absolute atomic E-state index is 0.912. The van der Waals surface area contributed by atoms with Crippen LogP contribution in [-0.2, 0) is 0 Å². The van der Waals surface area contributed by atoms with E-state index in [0.717, 1.165) is 5.92 Å². The fourth-order valence-corrected chi connectivity index (χ4v) is 3.09. The second kappa shape index (κ2) is 2.98. The first-order chi connectivity index (χ1) is 5.38. The van der Waals surface area contributed by atoms with Gasteiger partial charge >= 0.3 is 0 Å². The average molecular weight is 166 g/mol. The number of thiophene rings is 1. The van der Waals surface area contributed by atoms with Gasteiger partial charge in [-0.05, 0) is 42.7 Å². The van der Waals surface area contributed by atoms with Crippen LogP contribution >= 0.6 is 11.3 Å². The van der Waals surface area contributed by atoms with E-state index in [4.69, 9.17) is 0 Å². The molecule has 0 atom stereocenters. The van der Waals surface area contributed by atoms with E-state index in [2.05, 4.69) is 18.4 Å². The third kappa shape index (κ3) is 1.34. The van der Waals surface area contributed by atoms with Crippen LogP contribution in [0.25, 0.3) is 0 Å². The molecule has 0 aliphatic heterocycles. The highest BCUT2D eigenvalue weighted by Crippen LogP contribution is 2.38. The van der Waals surface area contributed by atoms with Gasteiger partial charge in [0.15, 0.2) is 0 Å². The number of aryl methyl sites for hydroxylation is 1. The summed E-state index contributed by atoms with van der Waals surface area (Å²) in [4.78, 5) is 1.66. The summed E-state index contributed by atoms with van der Waals surface area (Å²) in [7, 11) is 0. The van der Waals surface area contributed by atoms with Crippen molar-refractivity contribution in [1.82, 2.24) is 0 Å². The van der Waals surface area contributed by atoms with Crippen LogP contribution in [-0.4, -0.2) is 0 Å². The van der Waals surface area contributed by atoms with E-state index in [1.165, 1.54) is 31.2 Å². The lowest BCUT2D eigenvalue weighted by atomic mass is 10.0. The van der Waals surface area contributed by atoms with Crippen LogP contribution in [0.5, 0.6) is 0 Å². The summed E-state index contributed by atoms with van der Waals surface area (Å²) in [6, 6.07) is 2.25. The van der Waals surface area contributed by atoms with Gasteiger partial charge in [-0.3, -0.25) is 0 Å². The Balaban J connectivity index is 2.21. The molecule has 0 spiro atoms. The molecule has 1 fully saturated rings. The summed E-state index contributed by atoms with van der Waals surface area (Å²) in [6.07, 6.45) is 5.76. The van der Waals surface area contributed by atoms with Gasteiger partial charge in [-0.25, -0.2) is 0 Å². The van der Waals surface area contributed by atoms with E-state index < -0.39 is 0 Å². The Morgan fingerprint density at radius 1 is 1.36 bits per heavy atom. The molecule has 0 radical (unpaired) electrons. The van der Waals surface area contributed by atoms with Gasteiger partial charge in [0.25, 0.3) is 0 Å². The summed E-state index contributed by atoms with van der Waals surface area (Å²) in [5, 5.41) is 2.23. The summed E-state index contributed by atoms with van der Waals surface area (Å²) in [5.74, 6) is 0.912. The van der Waals surface area contributed by atoms with Crippen LogP contribution in [0, 0.1) is 6.92 Å². The fraction of sp³-hybridized carbons (Fsp3) is 0.600. The van der Waals surface area contributed by atoms with Gasteiger partial charge in [0.1, 0.15) is 0 Å². The Morgan fingerprint density at radius 3 is 2.64 bits per heavy atom. The van der Waals surface area contributed by atoms with Crippen molar-refractivity contribution in [3.05, 3.63) is 21.9 Å². The first kappa shape index (κ1) is 7.35. The second-order valence-corrected chi connectivity index (χ2v) is 4.40. The highest BCUT2D eigenvalue weighted by atomic mass is 32.1. The van der Waals surface area contributed by atoms with Crippen molar-refractivity contribution in [3.8, 4) is 0 Å². The molecule has 0 nitrogen and oxygen atoms in total. The lowest BCUT2D eigenvalue weighted by Crippen LogP contribution is -1.89. The fourth-order valence-electron chi connectivity index (χ4n) is 1.99. The van der Waals surface area contributed by atoms with Crippen LogP contribution in [0.1, 0.15) is 42.0 Å². The van der Waals surface area contributed by atoms with E-state index in [9.17, 15) is 0 Å². The van der Waals surface area contributed by atoms with Crippen molar-refractivity contribution < 1.29 is 0 Å². The molecule has 0 N–H and O–H groups in total. The zero-order chi connectivity index (χ0) is 7.68. The largest absolute Gasteiger partial charge is 0.148 e. The van der Waals surface area contributed by atoms with E-state index in [-0.39, 0.29) is 0 Å². The van der Waals surface area contributed by atoms with Gasteiger partial charge in [0.05, 0.1) is 0 Å². The van der Waals surface area contributed by atoms with Gasteiger partial charge in [-0.2, -0.15) is 0 Å². The SMILES string of the molecule is Cc1ccsc1C1CCCC1. The Hall–Kier alpha value is -0.300. The van der Waals surface area contributed by atoms with Crippen molar-refractivity contribution in [2.75, 3.05) is 0 Å². The lowest BCUT2D eigenvalue weighted by molar-refractivity contribution is 0.733. The van der Waals surface area contributed by atoms with Gasteiger partial charge in [-0.15, -0.1) is 11.3 Å². The molecule has 1 aliphatic rings. The van der Waals surface area contributed by atoms with E-state index in [0.29, 0.717) is 0 Å². The summed E-state index contributed by atoms with van der Waals surface area (Å²) in [6.45, 7) is 2.24. The molecule has 1 heteroatoms. The third-order valence-electron chi connectivity index (χ3n) is 2.63. The quantitative estimate of drug-likeness (QED) is 0.596. The Labute approximate surface area is 72.3 Å². The van der Waals surface area contributed by atoms with Crippen LogP contribution in [0.2, 0.25) is 0 Å². The molecular formula is C10H14S. The van der Waals surface area contributed by atoms with Crippen LogP contribution in [0.15, 0.2) is 11.4 Å². The van der Waals surface area contributed by atoms with Crippen molar-refractivity contribution in [1.29, 1.82) is 0 Å². The Morgan fingerprint density at radius 2 is 2.09 bits per heavy atom. The maximum absolute atomic E-state index is 2.25. The topological polar surface area (TPSA) is 0 Å². The Kier molecular flexibility index (Phi) is 1.99. The van der Waals surface area contributed by atoms with E-state index in [1.54, 1.807) is 4.88 Å². The molecule has 0 amide bonds. The van der Waals surface area contributed by atoms with Gasteiger partial charge in [-0.1, -0.05) is 12.8 Å². The molecule has 1 heterocycles. The first-order valence-corrected chi connectivity index (χ1v) is 5.30. The molecule has 1 saturated carbocycles. The molecule has 0 aromatic carbocycles. The molecule has 1 aliphatic carbocycles. The smallest absolute Gasteiger partial charge is 0.0105 e. The minimum Gasteiger partial charge on any atom is -0.148 e. The molecule has 2 rings (SSSR count). The number of hydrogen-bond acceptors (Lipinski definition) is 1. The van der Waals surface area contributed by atoms with Crippen LogP contribution in [0.3, 0.4) is 0 Å². The predicted octanol–water partition coefficient (Wildman–Crippen LogP) is 3.71. The van der Waals surface area contributed by atoms with Crippen molar-refractivity contribution >= 4 is 11.3 Å². The number of rotatable bonds is 1. The maximum atomic E-state index is 2.25. The van der Waals surface area contributed by atoms with Gasteiger partial charge < -0.3 is 0 Å². The minimum atomic E-state index is 0.912. The van der Waals surface area contributed by atoms with Crippen LogP contribution in [0.4, 0.5) is 0 Å². The summed E-state index contributed by atoms with van der Waals surface area (Å²) < 4.78 is 0.